The molecule has 1 aromatic rings. The Morgan fingerprint density at radius 1 is 1.38 bits per heavy atom. The monoisotopic (exact) mass is 373 g/mol. The Bertz CT molecular complexity index is 470. The molecule has 0 radical (unpaired) electrons. The summed E-state index contributed by atoms with van der Waals surface area (Å²) in [4.78, 5) is 12.1. The average Bonchev–Trinajstić information content (AvgIpc) is 2.49. The van der Waals surface area contributed by atoms with Gasteiger partial charge in [0.05, 0.1) is 0 Å². The maximum atomic E-state index is 12.1. The lowest BCUT2D eigenvalue weighted by atomic mass is 9.78. The van der Waals surface area contributed by atoms with Crippen molar-refractivity contribution in [2.75, 3.05) is 11.9 Å². The Hall–Kier alpha value is -0.740. The van der Waals surface area contributed by atoms with Crippen LogP contribution in [0.25, 0.3) is 0 Å². The zero-order valence-electron chi connectivity index (χ0n) is 12.2. The molecule has 2 rings (SSSR count). The molecule has 1 amide bonds. The second kappa shape index (κ2) is 7.50. The minimum Gasteiger partial charge on any atom is -0.484 e. The van der Waals surface area contributed by atoms with Crippen molar-refractivity contribution in [2.24, 2.45) is 5.92 Å². The molecule has 116 valence electrons. The summed E-state index contributed by atoms with van der Waals surface area (Å²) >= 11 is 9.36. The summed E-state index contributed by atoms with van der Waals surface area (Å²) in [6.07, 6.45) is 4.35. The van der Waals surface area contributed by atoms with E-state index in [1.165, 1.54) is 0 Å². The first-order chi connectivity index (χ1) is 10.0. The van der Waals surface area contributed by atoms with E-state index in [-0.39, 0.29) is 18.1 Å². The number of carbonyl (C=O) groups is 1. The summed E-state index contributed by atoms with van der Waals surface area (Å²) in [6, 6.07) is 7.02. The molecule has 1 N–H and O–H groups in total. The Labute approximate surface area is 139 Å². The van der Waals surface area contributed by atoms with Gasteiger partial charge in [-0.05, 0) is 55.9 Å². The van der Waals surface area contributed by atoms with Gasteiger partial charge in [-0.3, -0.25) is 4.79 Å². The van der Waals surface area contributed by atoms with Crippen LogP contribution in [0.4, 0.5) is 0 Å². The van der Waals surface area contributed by atoms with Crippen LogP contribution in [-0.2, 0) is 4.79 Å². The van der Waals surface area contributed by atoms with Gasteiger partial charge in [-0.1, -0.05) is 34.5 Å². The van der Waals surface area contributed by atoms with Crippen LogP contribution >= 0.6 is 27.5 Å². The zero-order valence-corrected chi connectivity index (χ0v) is 14.5. The predicted molar refractivity (Wildman–Crippen MR) is 89.2 cm³/mol. The molecule has 0 aromatic heterocycles. The molecule has 1 aliphatic carbocycles. The molecule has 0 bridgehead atoms. The lowest BCUT2D eigenvalue weighted by Crippen LogP contribution is -2.53. The number of carbonyl (C=O) groups excluding carboxylic acids is 1. The topological polar surface area (TPSA) is 38.3 Å². The minimum atomic E-state index is -0.118. The summed E-state index contributed by atoms with van der Waals surface area (Å²) in [5, 5.41) is 4.59. The fourth-order valence-electron chi connectivity index (χ4n) is 2.62. The van der Waals surface area contributed by atoms with Crippen LogP contribution < -0.4 is 10.1 Å². The fourth-order valence-corrected chi connectivity index (χ4v) is 3.45. The van der Waals surface area contributed by atoms with Crippen molar-refractivity contribution in [3.63, 3.8) is 0 Å². The molecule has 1 aliphatic rings. The molecule has 1 saturated carbocycles. The third-order valence-corrected chi connectivity index (χ3v) is 5.40. The van der Waals surface area contributed by atoms with Crippen molar-refractivity contribution in [3.05, 3.63) is 29.3 Å². The van der Waals surface area contributed by atoms with E-state index in [9.17, 15) is 4.79 Å². The second-order valence-electron chi connectivity index (χ2n) is 5.89. The largest absolute Gasteiger partial charge is 0.484 e. The van der Waals surface area contributed by atoms with E-state index in [4.69, 9.17) is 16.3 Å². The Balaban J connectivity index is 1.84. The number of hydrogen-bond acceptors (Lipinski definition) is 2. The Morgan fingerprint density at radius 2 is 2.00 bits per heavy atom. The standard InChI is InChI=1S/C16H21BrClNO2/c1-12-6-8-16(11-17,9-7-12)19-15(20)10-21-14-4-2-13(18)3-5-14/h2-5,12H,6-11H2,1H3,(H,19,20). The fraction of sp³-hybridized carbons (Fsp3) is 0.562. The Kier molecular flexibility index (Phi) is 5.94. The number of amides is 1. The number of benzene rings is 1. The van der Waals surface area contributed by atoms with Gasteiger partial charge in [0.15, 0.2) is 6.61 Å². The summed E-state index contributed by atoms with van der Waals surface area (Å²) in [7, 11) is 0. The van der Waals surface area contributed by atoms with Crippen molar-refractivity contribution in [3.8, 4) is 5.75 Å². The van der Waals surface area contributed by atoms with Gasteiger partial charge in [0, 0.05) is 15.9 Å². The number of rotatable bonds is 5. The molecule has 0 aliphatic heterocycles. The number of halogens is 2. The quantitative estimate of drug-likeness (QED) is 0.785. The molecule has 0 spiro atoms. The van der Waals surface area contributed by atoms with E-state index in [1.807, 2.05) is 0 Å². The van der Waals surface area contributed by atoms with Gasteiger partial charge in [0.1, 0.15) is 5.75 Å². The van der Waals surface area contributed by atoms with E-state index < -0.39 is 0 Å². The highest BCUT2D eigenvalue weighted by molar-refractivity contribution is 9.09. The summed E-state index contributed by atoms with van der Waals surface area (Å²) in [6.45, 7) is 2.30. The van der Waals surface area contributed by atoms with E-state index in [1.54, 1.807) is 24.3 Å². The van der Waals surface area contributed by atoms with Gasteiger partial charge in [-0.25, -0.2) is 0 Å². The van der Waals surface area contributed by atoms with Gasteiger partial charge in [-0.15, -0.1) is 0 Å². The maximum absolute atomic E-state index is 12.1. The number of hydrogen-bond donors (Lipinski definition) is 1. The van der Waals surface area contributed by atoms with Gasteiger partial charge >= 0.3 is 0 Å². The highest BCUT2D eigenvalue weighted by Crippen LogP contribution is 2.33. The molecular weight excluding hydrogens is 354 g/mol. The van der Waals surface area contributed by atoms with Crippen molar-refractivity contribution in [1.82, 2.24) is 5.32 Å². The summed E-state index contributed by atoms with van der Waals surface area (Å²) in [5.74, 6) is 1.33. The third kappa shape index (κ3) is 4.89. The molecule has 1 fully saturated rings. The van der Waals surface area contributed by atoms with E-state index in [2.05, 4.69) is 28.2 Å². The number of ether oxygens (including phenoxy) is 1. The van der Waals surface area contributed by atoms with Gasteiger partial charge in [0.25, 0.3) is 5.91 Å². The van der Waals surface area contributed by atoms with Gasteiger partial charge < -0.3 is 10.1 Å². The Morgan fingerprint density at radius 3 is 2.57 bits per heavy atom. The lowest BCUT2D eigenvalue weighted by Gasteiger charge is -2.38. The minimum absolute atomic E-state index is 0.0337. The molecule has 21 heavy (non-hydrogen) atoms. The molecule has 0 heterocycles. The van der Waals surface area contributed by atoms with Gasteiger partial charge in [-0.2, -0.15) is 0 Å². The third-order valence-electron chi connectivity index (χ3n) is 4.08. The van der Waals surface area contributed by atoms with Crippen LogP contribution in [0, 0.1) is 5.92 Å². The van der Waals surface area contributed by atoms with E-state index in [0.29, 0.717) is 10.8 Å². The van der Waals surface area contributed by atoms with Crippen molar-refractivity contribution >= 4 is 33.4 Å². The van der Waals surface area contributed by atoms with Crippen molar-refractivity contribution < 1.29 is 9.53 Å². The SMILES string of the molecule is CC1CCC(CBr)(NC(=O)COc2ccc(Cl)cc2)CC1. The highest BCUT2D eigenvalue weighted by Gasteiger charge is 2.34. The number of alkyl halides is 1. The van der Waals surface area contributed by atoms with Crippen LogP contribution in [0.3, 0.4) is 0 Å². The molecule has 1 aromatic carbocycles. The average molecular weight is 375 g/mol. The molecule has 0 atom stereocenters. The van der Waals surface area contributed by atoms with Crippen molar-refractivity contribution in [1.29, 1.82) is 0 Å². The lowest BCUT2D eigenvalue weighted by molar-refractivity contribution is -0.125. The number of nitrogens with one attached hydrogen (secondary N) is 1. The normalized spacial score (nSPS) is 25.4. The molecule has 0 unspecified atom stereocenters. The first-order valence-corrected chi connectivity index (χ1v) is 8.78. The van der Waals surface area contributed by atoms with Gasteiger partial charge in [0.2, 0.25) is 0 Å². The van der Waals surface area contributed by atoms with Crippen molar-refractivity contribution in [2.45, 2.75) is 38.1 Å². The first kappa shape index (κ1) is 16.6. The molecule has 0 saturated heterocycles. The summed E-state index contributed by atoms with van der Waals surface area (Å²) < 4.78 is 5.49. The smallest absolute Gasteiger partial charge is 0.258 e. The van der Waals surface area contributed by atoms with Crippen LogP contribution in [0.1, 0.15) is 32.6 Å². The molecular formula is C16H21BrClNO2. The van der Waals surface area contributed by atoms with Crippen LogP contribution in [0.5, 0.6) is 5.75 Å². The van der Waals surface area contributed by atoms with Crippen LogP contribution in [-0.4, -0.2) is 23.4 Å². The molecule has 5 heteroatoms. The van der Waals surface area contributed by atoms with Crippen LogP contribution in [0.2, 0.25) is 5.02 Å². The first-order valence-electron chi connectivity index (χ1n) is 7.28. The predicted octanol–water partition coefficient (Wildman–Crippen LogP) is 4.18. The zero-order chi connectivity index (χ0) is 15.3. The van der Waals surface area contributed by atoms with Crippen LogP contribution in [0.15, 0.2) is 24.3 Å². The van der Waals surface area contributed by atoms with E-state index in [0.717, 1.165) is 36.9 Å². The molecule has 3 nitrogen and oxygen atoms in total. The summed E-state index contributed by atoms with van der Waals surface area (Å²) in [5.41, 5.74) is -0.118. The highest BCUT2D eigenvalue weighted by atomic mass is 79.9. The second-order valence-corrected chi connectivity index (χ2v) is 6.88. The van der Waals surface area contributed by atoms with E-state index >= 15 is 0 Å². The maximum Gasteiger partial charge on any atom is 0.258 e.